The minimum Gasteiger partial charge on any atom is -0.380 e. The van der Waals surface area contributed by atoms with Crippen LogP contribution in [-0.4, -0.2) is 53.2 Å². The van der Waals surface area contributed by atoms with Crippen LogP contribution >= 0.6 is 0 Å². The van der Waals surface area contributed by atoms with E-state index in [0.717, 1.165) is 18.7 Å². The van der Waals surface area contributed by atoms with Crippen molar-refractivity contribution in [1.29, 1.82) is 0 Å². The lowest BCUT2D eigenvalue weighted by atomic mass is 9.90. The van der Waals surface area contributed by atoms with Crippen LogP contribution in [0, 0.1) is 0 Å². The Morgan fingerprint density at radius 3 is 2.71 bits per heavy atom. The smallest absolute Gasteiger partial charge is 0.239 e. The van der Waals surface area contributed by atoms with Gasteiger partial charge in [0.2, 0.25) is 5.89 Å². The standard InChI is InChI=1S/C15H21N3O3/c1-18-10-2-3-11(18)7-9(6-10)14-16-15(21-17-14)12-8-20-5-4-13(12)19/h9-12H,2-8H2,1H3. The van der Waals surface area contributed by atoms with Crippen molar-refractivity contribution < 1.29 is 14.1 Å². The molecular formula is C15H21N3O3. The lowest BCUT2D eigenvalue weighted by Crippen LogP contribution is -2.39. The van der Waals surface area contributed by atoms with Crippen LogP contribution in [0.4, 0.5) is 0 Å². The van der Waals surface area contributed by atoms with Gasteiger partial charge < -0.3 is 14.2 Å². The van der Waals surface area contributed by atoms with E-state index in [-0.39, 0.29) is 11.7 Å². The van der Waals surface area contributed by atoms with Crippen molar-refractivity contribution in [1.82, 2.24) is 15.0 Å². The van der Waals surface area contributed by atoms with Gasteiger partial charge in [-0.1, -0.05) is 5.16 Å². The summed E-state index contributed by atoms with van der Waals surface area (Å²) >= 11 is 0. The van der Waals surface area contributed by atoms with Gasteiger partial charge in [0.15, 0.2) is 5.82 Å². The van der Waals surface area contributed by atoms with E-state index in [2.05, 4.69) is 22.1 Å². The fourth-order valence-electron chi connectivity index (χ4n) is 4.03. The fraction of sp³-hybridized carbons (Fsp3) is 0.800. The van der Waals surface area contributed by atoms with Crippen molar-refractivity contribution in [2.45, 2.75) is 56.0 Å². The fourth-order valence-corrected chi connectivity index (χ4v) is 4.03. The number of hydrogen-bond donors (Lipinski definition) is 0. The largest absolute Gasteiger partial charge is 0.380 e. The third kappa shape index (κ3) is 2.30. The topological polar surface area (TPSA) is 68.5 Å². The predicted molar refractivity (Wildman–Crippen MR) is 74.0 cm³/mol. The second kappa shape index (κ2) is 5.18. The number of Topliss-reactive ketones (excluding diaryl/α,β-unsaturated/α-hetero) is 1. The van der Waals surface area contributed by atoms with Gasteiger partial charge in [0.25, 0.3) is 0 Å². The third-order valence-corrected chi connectivity index (χ3v) is 5.38. The number of piperidine rings is 1. The number of fused-ring (bicyclic) bond motifs is 2. The SMILES string of the molecule is CN1C2CCC1CC(c1noc(C3COCCC3=O)n1)C2. The van der Waals surface area contributed by atoms with Crippen molar-refractivity contribution in [2.24, 2.45) is 0 Å². The molecule has 4 rings (SSSR count). The van der Waals surface area contributed by atoms with E-state index in [9.17, 15) is 4.79 Å². The molecule has 0 spiro atoms. The van der Waals surface area contributed by atoms with Crippen LogP contribution in [0.5, 0.6) is 0 Å². The van der Waals surface area contributed by atoms with Gasteiger partial charge in [0, 0.05) is 24.4 Å². The maximum Gasteiger partial charge on any atom is 0.239 e. The lowest BCUT2D eigenvalue weighted by Gasteiger charge is -2.34. The van der Waals surface area contributed by atoms with Crippen molar-refractivity contribution in [2.75, 3.05) is 20.3 Å². The highest BCUT2D eigenvalue weighted by atomic mass is 16.5. The molecule has 3 atom stereocenters. The number of ketones is 1. The van der Waals surface area contributed by atoms with Gasteiger partial charge in [-0.25, -0.2) is 0 Å². The second-order valence-electron chi connectivity index (χ2n) is 6.55. The van der Waals surface area contributed by atoms with E-state index < -0.39 is 0 Å². The van der Waals surface area contributed by atoms with E-state index >= 15 is 0 Å². The Hall–Kier alpha value is -1.27. The average molecular weight is 291 g/mol. The summed E-state index contributed by atoms with van der Waals surface area (Å²) in [7, 11) is 2.22. The van der Waals surface area contributed by atoms with Crippen LogP contribution < -0.4 is 0 Å². The number of carbonyl (C=O) groups excluding carboxylic acids is 1. The summed E-state index contributed by atoms with van der Waals surface area (Å²) in [6.07, 6.45) is 5.19. The Bertz CT molecular complexity index is 530. The monoisotopic (exact) mass is 291 g/mol. The Morgan fingerprint density at radius 2 is 2.00 bits per heavy atom. The maximum atomic E-state index is 11.9. The highest BCUT2D eigenvalue weighted by molar-refractivity contribution is 5.85. The number of rotatable bonds is 2. The second-order valence-corrected chi connectivity index (χ2v) is 6.55. The van der Waals surface area contributed by atoms with Gasteiger partial charge in [0.1, 0.15) is 11.7 Å². The minimum absolute atomic E-state index is 0.153. The summed E-state index contributed by atoms with van der Waals surface area (Å²) in [5.74, 6) is 1.40. The van der Waals surface area contributed by atoms with Gasteiger partial charge in [0.05, 0.1) is 13.2 Å². The molecule has 0 radical (unpaired) electrons. The van der Waals surface area contributed by atoms with Crippen molar-refractivity contribution in [3.63, 3.8) is 0 Å². The molecule has 3 saturated heterocycles. The van der Waals surface area contributed by atoms with Crippen LogP contribution in [0.15, 0.2) is 4.52 Å². The van der Waals surface area contributed by atoms with Crippen LogP contribution in [0.2, 0.25) is 0 Å². The first-order chi connectivity index (χ1) is 10.2. The first-order valence-electron chi connectivity index (χ1n) is 7.88. The molecule has 3 aliphatic rings. The lowest BCUT2D eigenvalue weighted by molar-refractivity contribution is -0.127. The molecule has 1 aromatic heterocycles. The number of ether oxygens (including phenoxy) is 1. The molecule has 6 heteroatoms. The maximum absolute atomic E-state index is 11.9. The van der Waals surface area contributed by atoms with Gasteiger partial charge >= 0.3 is 0 Å². The molecule has 3 unspecified atom stereocenters. The Balaban J connectivity index is 1.51. The summed E-state index contributed by atoms with van der Waals surface area (Å²) in [5, 5.41) is 4.16. The van der Waals surface area contributed by atoms with E-state index in [1.54, 1.807) is 0 Å². The minimum atomic E-state index is -0.358. The van der Waals surface area contributed by atoms with E-state index in [1.165, 1.54) is 12.8 Å². The molecule has 0 amide bonds. The molecule has 21 heavy (non-hydrogen) atoms. The van der Waals surface area contributed by atoms with Crippen LogP contribution in [-0.2, 0) is 9.53 Å². The summed E-state index contributed by atoms with van der Waals surface area (Å²) in [4.78, 5) is 19.0. The number of aromatic nitrogens is 2. The zero-order valence-electron chi connectivity index (χ0n) is 12.3. The van der Waals surface area contributed by atoms with Gasteiger partial charge in [-0.15, -0.1) is 0 Å². The summed E-state index contributed by atoms with van der Waals surface area (Å²) < 4.78 is 10.7. The van der Waals surface area contributed by atoms with Gasteiger partial charge in [-0.05, 0) is 32.7 Å². The molecule has 114 valence electrons. The highest BCUT2D eigenvalue weighted by Gasteiger charge is 2.41. The molecule has 6 nitrogen and oxygen atoms in total. The third-order valence-electron chi connectivity index (χ3n) is 5.38. The first-order valence-corrected chi connectivity index (χ1v) is 7.88. The highest BCUT2D eigenvalue weighted by Crippen LogP contribution is 2.41. The zero-order chi connectivity index (χ0) is 14.4. The summed E-state index contributed by atoms with van der Waals surface area (Å²) in [5.41, 5.74) is 0. The quantitative estimate of drug-likeness (QED) is 0.822. The Kier molecular flexibility index (Phi) is 3.30. The molecule has 4 heterocycles. The van der Waals surface area contributed by atoms with Crippen molar-refractivity contribution >= 4 is 5.78 Å². The number of carbonyl (C=O) groups is 1. The molecule has 0 aromatic carbocycles. The Labute approximate surface area is 123 Å². The van der Waals surface area contributed by atoms with Crippen LogP contribution in [0.1, 0.15) is 55.7 Å². The van der Waals surface area contributed by atoms with Gasteiger partial charge in [-0.3, -0.25) is 4.79 Å². The van der Waals surface area contributed by atoms with Gasteiger partial charge in [-0.2, -0.15) is 4.98 Å². The average Bonchev–Trinajstić information content (AvgIpc) is 3.02. The normalized spacial score (nSPS) is 37.1. The molecule has 2 bridgehead atoms. The zero-order valence-corrected chi connectivity index (χ0v) is 12.3. The Morgan fingerprint density at radius 1 is 1.24 bits per heavy atom. The first kappa shape index (κ1) is 13.4. The van der Waals surface area contributed by atoms with E-state index in [1.807, 2.05) is 0 Å². The molecule has 3 aliphatic heterocycles. The molecular weight excluding hydrogens is 270 g/mol. The molecule has 0 aliphatic carbocycles. The van der Waals surface area contributed by atoms with Crippen molar-refractivity contribution in [3.8, 4) is 0 Å². The number of nitrogens with zero attached hydrogens (tertiary/aromatic N) is 3. The molecule has 0 saturated carbocycles. The van der Waals surface area contributed by atoms with Crippen LogP contribution in [0.25, 0.3) is 0 Å². The predicted octanol–water partition coefficient (Wildman–Crippen LogP) is 1.48. The molecule has 3 fully saturated rings. The summed E-state index contributed by atoms with van der Waals surface area (Å²) in [6.45, 7) is 0.883. The van der Waals surface area contributed by atoms with Crippen LogP contribution in [0.3, 0.4) is 0 Å². The van der Waals surface area contributed by atoms with E-state index in [4.69, 9.17) is 9.26 Å². The molecule has 1 aromatic rings. The van der Waals surface area contributed by atoms with Crippen molar-refractivity contribution in [3.05, 3.63) is 11.7 Å². The summed E-state index contributed by atoms with van der Waals surface area (Å²) in [6, 6.07) is 1.30. The molecule has 0 N–H and O–H groups in total. The van der Waals surface area contributed by atoms with E-state index in [0.29, 0.717) is 43.5 Å². The number of hydrogen-bond acceptors (Lipinski definition) is 6.